The molecule has 0 aliphatic heterocycles. The first kappa shape index (κ1) is 15.9. The Kier molecular flexibility index (Phi) is 8.15. The summed E-state index contributed by atoms with van der Waals surface area (Å²) >= 11 is 0. The van der Waals surface area contributed by atoms with Crippen molar-refractivity contribution in [3.8, 4) is 0 Å². The van der Waals surface area contributed by atoms with E-state index in [0.717, 1.165) is 31.1 Å². The molecule has 19 heavy (non-hydrogen) atoms. The fourth-order valence-corrected chi connectivity index (χ4v) is 2.36. The molecule has 2 atom stereocenters. The third-order valence-electron chi connectivity index (χ3n) is 3.61. The van der Waals surface area contributed by atoms with Gasteiger partial charge in [0.05, 0.1) is 6.10 Å². The van der Waals surface area contributed by atoms with Crippen molar-refractivity contribution in [1.82, 2.24) is 0 Å². The Bertz CT molecular complexity index is 334. The van der Waals surface area contributed by atoms with Gasteiger partial charge < -0.3 is 9.90 Å². The predicted molar refractivity (Wildman–Crippen MR) is 78.9 cm³/mol. The standard InChI is InChI=1S/C17H26O2/c1-2-3-4-5-6-8-13-16(14-18)17(19)15-11-9-7-10-12-15/h7,9-12,14,16-17,19H,2-6,8,13H2,1H3/t16-,17-/m1/s1. The molecule has 0 amide bonds. The Labute approximate surface area is 116 Å². The lowest BCUT2D eigenvalue weighted by Gasteiger charge is -2.17. The Morgan fingerprint density at radius 2 is 1.68 bits per heavy atom. The van der Waals surface area contributed by atoms with Crippen molar-refractivity contribution in [2.24, 2.45) is 5.92 Å². The van der Waals surface area contributed by atoms with E-state index < -0.39 is 6.10 Å². The van der Waals surface area contributed by atoms with Crippen molar-refractivity contribution in [1.29, 1.82) is 0 Å². The van der Waals surface area contributed by atoms with Crippen molar-refractivity contribution in [3.63, 3.8) is 0 Å². The molecule has 0 radical (unpaired) electrons. The summed E-state index contributed by atoms with van der Waals surface area (Å²) in [7, 11) is 0. The zero-order valence-corrected chi connectivity index (χ0v) is 11.9. The number of aldehydes is 1. The zero-order chi connectivity index (χ0) is 13.9. The molecular weight excluding hydrogens is 236 g/mol. The van der Waals surface area contributed by atoms with Crippen LogP contribution in [-0.4, -0.2) is 11.4 Å². The second-order valence-electron chi connectivity index (χ2n) is 5.21. The van der Waals surface area contributed by atoms with Crippen LogP contribution in [0.3, 0.4) is 0 Å². The lowest BCUT2D eigenvalue weighted by atomic mass is 9.92. The highest BCUT2D eigenvalue weighted by Crippen LogP contribution is 2.25. The minimum Gasteiger partial charge on any atom is -0.388 e. The summed E-state index contributed by atoms with van der Waals surface area (Å²) in [4.78, 5) is 11.1. The van der Waals surface area contributed by atoms with E-state index in [9.17, 15) is 9.90 Å². The van der Waals surface area contributed by atoms with Crippen molar-refractivity contribution in [3.05, 3.63) is 35.9 Å². The molecule has 1 rings (SSSR count). The minimum atomic E-state index is -0.658. The summed E-state index contributed by atoms with van der Waals surface area (Å²) in [5.41, 5.74) is 0.839. The molecule has 0 fully saturated rings. The van der Waals surface area contributed by atoms with E-state index in [1.165, 1.54) is 25.7 Å². The van der Waals surface area contributed by atoms with Crippen LogP contribution in [0.15, 0.2) is 30.3 Å². The van der Waals surface area contributed by atoms with Crippen LogP contribution >= 0.6 is 0 Å². The van der Waals surface area contributed by atoms with E-state index in [4.69, 9.17) is 0 Å². The van der Waals surface area contributed by atoms with Crippen molar-refractivity contribution >= 4 is 6.29 Å². The summed E-state index contributed by atoms with van der Waals surface area (Å²) in [6, 6.07) is 9.46. The highest BCUT2D eigenvalue weighted by atomic mass is 16.3. The van der Waals surface area contributed by atoms with E-state index in [-0.39, 0.29) is 5.92 Å². The monoisotopic (exact) mass is 262 g/mol. The van der Waals surface area contributed by atoms with Crippen molar-refractivity contribution in [2.75, 3.05) is 0 Å². The SMILES string of the molecule is CCCCCCCC[C@H](C=O)[C@H](O)c1ccccc1. The van der Waals surface area contributed by atoms with Gasteiger partial charge in [0.15, 0.2) is 0 Å². The molecule has 1 N–H and O–H groups in total. The smallest absolute Gasteiger partial charge is 0.126 e. The lowest BCUT2D eigenvalue weighted by molar-refractivity contribution is -0.114. The number of aliphatic hydroxyl groups excluding tert-OH is 1. The van der Waals surface area contributed by atoms with Gasteiger partial charge in [-0.25, -0.2) is 0 Å². The zero-order valence-electron chi connectivity index (χ0n) is 11.9. The maximum Gasteiger partial charge on any atom is 0.126 e. The van der Waals surface area contributed by atoms with Crippen LogP contribution in [-0.2, 0) is 4.79 Å². The number of hydrogen-bond acceptors (Lipinski definition) is 2. The Balaban J connectivity index is 2.31. The Morgan fingerprint density at radius 3 is 2.32 bits per heavy atom. The number of carbonyl (C=O) groups excluding carboxylic acids is 1. The van der Waals surface area contributed by atoms with Gasteiger partial charge in [0.1, 0.15) is 6.29 Å². The molecule has 0 aromatic heterocycles. The van der Waals surface area contributed by atoms with Crippen LogP contribution < -0.4 is 0 Å². The van der Waals surface area contributed by atoms with Crippen LogP contribution in [0.2, 0.25) is 0 Å². The van der Waals surface area contributed by atoms with Gasteiger partial charge in [-0.3, -0.25) is 0 Å². The number of hydrogen-bond donors (Lipinski definition) is 1. The number of aliphatic hydroxyl groups is 1. The van der Waals surface area contributed by atoms with E-state index in [2.05, 4.69) is 6.92 Å². The predicted octanol–water partition coefficient (Wildman–Crippen LogP) is 4.29. The Hall–Kier alpha value is -1.15. The maximum absolute atomic E-state index is 11.1. The molecule has 0 unspecified atom stereocenters. The molecule has 0 spiro atoms. The highest BCUT2D eigenvalue weighted by Gasteiger charge is 2.19. The van der Waals surface area contributed by atoms with Crippen molar-refractivity contribution in [2.45, 2.75) is 58.0 Å². The molecule has 0 heterocycles. The normalized spacial score (nSPS) is 14.0. The van der Waals surface area contributed by atoms with E-state index in [1.54, 1.807) is 0 Å². The first-order valence-electron chi connectivity index (χ1n) is 7.48. The van der Waals surface area contributed by atoms with Crippen LogP contribution in [0.1, 0.15) is 63.5 Å². The van der Waals surface area contributed by atoms with E-state index >= 15 is 0 Å². The summed E-state index contributed by atoms with van der Waals surface area (Å²) in [6.07, 6.45) is 8.28. The summed E-state index contributed by atoms with van der Waals surface area (Å²) < 4.78 is 0. The van der Waals surface area contributed by atoms with Gasteiger partial charge >= 0.3 is 0 Å². The number of benzene rings is 1. The second-order valence-corrected chi connectivity index (χ2v) is 5.21. The molecule has 1 aromatic rings. The second kappa shape index (κ2) is 9.74. The largest absolute Gasteiger partial charge is 0.388 e. The number of carbonyl (C=O) groups is 1. The van der Waals surface area contributed by atoms with Gasteiger partial charge in [-0.15, -0.1) is 0 Å². The fourth-order valence-electron chi connectivity index (χ4n) is 2.36. The molecule has 0 bridgehead atoms. The third-order valence-corrected chi connectivity index (χ3v) is 3.61. The molecule has 0 aliphatic rings. The van der Waals surface area contributed by atoms with Gasteiger partial charge in [0.25, 0.3) is 0 Å². The number of rotatable bonds is 10. The lowest BCUT2D eigenvalue weighted by Crippen LogP contribution is -2.14. The van der Waals surface area contributed by atoms with E-state index in [0.29, 0.717) is 0 Å². The first-order valence-corrected chi connectivity index (χ1v) is 7.48. The van der Waals surface area contributed by atoms with Crippen LogP contribution in [0, 0.1) is 5.92 Å². The number of unbranched alkanes of at least 4 members (excludes halogenated alkanes) is 5. The van der Waals surface area contributed by atoms with Gasteiger partial charge in [0.2, 0.25) is 0 Å². The molecule has 1 aromatic carbocycles. The maximum atomic E-state index is 11.1. The summed E-state index contributed by atoms with van der Waals surface area (Å²) in [5.74, 6) is -0.270. The summed E-state index contributed by atoms with van der Waals surface area (Å²) in [5, 5.41) is 10.2. The fraction of sp³-hybridized carbons (Fsp3) is 0.588. The first-order chi connectivity index (χ1) is 9.29. The average Bonchev–Trinajstić information content (AvgIpc) is 2.47. The van der Waals surface area contributed by atoms with E-state index in [1.807, 2.05) is 30.3 Å². The average molecular weight is 262 g/mol. The Morgan fingerprint density at radius 1 is 1.05 bits per heavy atom. The van der Waals surface area contributed by atoms with Gasteiger partial charge in [-0.1, -0.05) is 75.8 Å². The third kappa shape index (κ3) is 6.02. The quantitative estimate of drug-likeness (QED) is 0.504. The van der Waals surface area contributed by atoms with Gasteiger partial charge in [-0.2, -0.15) is 0 Å². The molecule has 0 saturated carbocycles. The van der Waals surface area contributed by atoms with Gasteiger partial charge in [-0.05, 0) is 12.0 Å². The molecule has 106 valence electrons. The highest BCUT2D eigenvalue weighted by molar-refractivity contribution is 5.55. The molecule has 0 aliphatic carbocycles. The molecule has 2 nitrogen and oxygen atoms in total. The topological polar surface area (TPSA) is 37.3 Å². The minimum absolute atomic E-state index is 0.270. The molecule has 0 saturated heterocycles. The van der Waals surface area contributed by atoms with Crippen LogP contribution in [0.4, 0.5) is 0 Å². The van der Waals surface area contributed by atoms with Gasteiger partial charge in [0, 0.05) is 5.92 Å². The molecule has 2 heteroatoms. The molecular formula is C17H26O2. The van der Waals surface area contributed by atoms with Crippen LogP contribution in [0.25, 0.3) is 0 Å². The van der Waals surface area contributed by atoms with Crippen molar-refractivity contribution < 1.29 is 9.90 Å². The summed E-state index contributed by atoms with van der Waals surface area (Å²) in [6.45, 7) is 2.21. The van der Waals surface area contributed by atoms with Crippen LogP contribution in [0.5, 0.6) is 0 Å².